The van der Waals surface area contributed by atoms with Gasteiger partial charge in [-0.05, 0) is 12.8 Å². The first-order valence-corrected chi connectivity index (χ1v) is 5.08. The Kier molecular flexibility index (Phi) is 1.14. The average molecular weight is 181 g/mol. The first-order valence-electron chi connectivity index (χ1n) is 4.27. The predicted octanol–water partition coefficient (Wildman–Crippen LogP) is 0.512. The standard InChI is InChI=1S/C8H11N3S/c9-7-11-6-5(12-7)1-2-8(6)3-10-4-8/h10H,1-4H2,(H2,9,11). The molecule has 2 aliphatic rings. The van der Waals surface area contributed by atoms with Gasteiger partial charge in [-0.3, -0.25) is 0 Å². The molecule has 1 aliphatic heterocycles. The molecule has 64 valence electrons. The van der Waals surface area contributed by atoms with Crippen LogP contribution in [0.4, 0.5) is 5.13 Å². The Bertz CT molecular complexity index is 327. The Morgan fingerprint density at radius 1 is 1.50 bits per heavy atom. The molecule has 0 atom stereocenters. The largest absolute Gasteiger partial charge is 0.375 e. The van der Waals surface area contributed by atoms with E-state index in [1.165, 1.54) is 23.4 Å². The van der Waals surface area contributed by atoms with E-state index in [2.05, 4.69) is 10.3 Å². The number of nitrogens with one attached hydrogen (secondary N) is 1. The molecule has 4 heteroatoms. The molecule has 0 saturated carbocycles. The number of anilines is 1. The van der Waals surface area contributed by atoms with Gasteiger partial charge in [-0.15, -0.1) is 11.3 Å². The summed E-state index contributed by atoms with van der Waals surface area (Å²) < 4.78 is 0. The molecular formula is C8H11N3S. The smallest absolute Gasteiger partial charge is 0.180 e. The second-order valence-corrected chi connectivity index (χ2v) is 4.82. The first-order chi connectivity index (χ1) is 5.80. The SMILES string of the molecule is Nc1nc2c(s1)CCC21CNC1. The molecule has 1 spiro atoms. The molecule has 0 amide bonds. The van der Waals surface area contributed by atoms with Gasteiger partial charge in [0.2, 0.25) is 0 Å². The fourth-order valence-electron chi connectivity index (χ4n) is 2.20. The number of hydrogen-bond acceptors (Lipinski definition) is 4. The lowest BCUT2D eigenvalue weighted by Crippen LogP contribution is -2.55. The van der Waals surface area contributed by atoms with E-state index >= 15 is 0 Å². The van der Waals surface area contributed by atoms with E-state index < -0.39 is 0 Å². The summed E-state index contributed by atoms with van der Waals surface area (Å²) in [5.41, 5.74) is 7.35. The van der Waals surface area contributed by atoms with E-state index in [0.717, 1.165) is 18.2 Å². The summed E-state index contributed by atoms with van der Waals surface area (Å²) in [5.74, 6) is 0. The van der Waals surface area contributed by atoms with E-state index in [1.807, 2.05) is 0 Å². The van der Waals surface area contributed by atoms with Crippen LogP contribution in [-0.4, -0.2) is 18.1 Å². The summed E-state index contributed by atoms with van der Waals surface area (Å²) in [6, 6.07) is 0. The van der Waals surface area contributed by atoms with Crippen LogP contribution in [0.1, 0.15) is 17.0 Å². The number of nitrogens with two attached hydrogens (primary N) is 1. The van der Waals surface area contributed by atoms with E-state index in [9.17, 15) is 0 Å². The van der Waals surface area contributed by atoms with Crippen molar-refractivity contribution < 1.29 is 0 Å². The van der Waals surface area contributed by atoms with Gasteiger partial charge in [0.1, 0.15) is 0 Å². The molecule has 1 saturated heterocycles. The van der Waals surface area contributed by atoms with Crippen molar-refractivity contribution in [2.45, 2.75) is 18.3 Å². The van der Waals surface area contributed by atoms with Gasteiger partial charge in [-0.25, -0.2) is 4.98 Å². The minimum Gasteiger partial charge on any atom is -0.375 e. The van der Waals surface area contributed by atoms with Crippen LogP contribution in [0.25, 0.3) is 0 Å². The van der Waals surface area contributed by atoms with Crippen molar-refractivity contribution in [3.05, 3.63) is 10.6 Å². The third-order valence-corrected chi connectivity index (χ3v) is 3.92. The van der Waals surface area contributed by atoms with Gasteiger partial charge >= 0.3 is 0 Å². The van der Waals surface area contributed by atoms with Crippen molar-refractivity contribution in [1.29, 1.82) is 0 Å². The summed E-state index contributed by atoms with van der Waals surface area (Å²) >= 11 is 1.67. The Morgan fingerprint density at radius 2 is 2.33 bits per heavy atom. The minimum atomic E-state index is 0.378. The van der Waals surface area contributed by atoms with Crippen molar-refractivity contribution in [2.75, 3.05) is 18.8 Å². The predicted molar refractivity (Wildman–Crippen MR) is 49.4 cm³/mol. The highest BCUT2D eigenvalue weighted by atomic mass is 32.1. The molecular weight excluding hydrogens is 170 g/mol. The lowest BCUT2D eigenvalue weighted by molar-refractivity contribution is 0.271. The lowest BCUT2D eigenvalue weighted by atomic mass is 9.79. The Morgan fingerprint density at radius 3 is 3.00 bits per heavy atom. The zero-order chi connectivity index (χ0) is 8.18. The number of nitrogens with zero attached hydrogens (tertiary/aromatic N) is 1. The van der Waals surface area contributed by atoms with E-state index in [1.54, 1.807) is 11.3 Å². The third-order valence-electron chi connectivity index (χ3n) is 2.97. The number of thiazole rings is 1. The maximum Gasteiger partial charge on any atom is 0.180 e. The van der Waals surface area contributed by atoms with Crippen molar-refractivity contribution in [3.63, 3.8) is 0 Å². The number of rotatable bonds is 0. The molecule has 1 aromatic rings. The van der Waals surface area contributed by atoms with Gasteiger partial charge in [0, 0.05) is 23.4 Å². The van der Waals surface area contributed by atoms with Crippen LogP contribution in [0.15, 0.2) is 0 Å². The van der Waals surface area contributed by atoms with Crippen LogP contribution >= 0.6 is 11.3 Å². The number of aromatic nitrogens is 1. The molecule has 1 aliphatic carbocycles. The normalized spacial score (nSPS) is 24.0. The topological polar surface area (TPSA) is 50.9 Å². The fourth-order valence-corrected chi connectivity index (χ4v) is 3.15. The van der Waals surface area contributed by atoms with Crippen LogP contribution in [0, 0.1) is 0 Å². The Labute approximate surface area is 75.0 Å². The van der Waals surface area contributed by atoms with Crippen molar-refractivity contribution in [1.82, 2.24) is 10.3 Å². The van der Waals surface area contributed by atoms with Crippen LogP contribution in [-0.2, 0) is 11.8 Å². The summed E-state index contributed by atoms with van der Waals surface area (Å²) in [5, 5.41) is 4.06. The summed E-state index contributed by atoms with van der Waals surface area (Å²) in [4.78, 5) is 5.85. The molecule has 12 heavy (non-hydrogen) atoms. The lowest BCUT2D eigenvalue weighted by Gasteiger charge is -2.38. The molecule has 0 aromatic carbocycles. The van der Waals surface area contributed by atoms with Crippen molar-refractivity contribution in [3.8, 4) is 0 Å². The maximum absolute atomic E-state index is 5.68. The zero-order valence-electron chi connectivity index (χ0n) is 6.76. The van der Waals surface area contributed by atoms with Crippen molar-refractivity contribution >= 4 is 16.5 Å². The summed E-state index contributed by atoms with van der Waals surface area (Å²) in [7, 11) is 0. The highest BCUT2D eigenvalue weighted by Gasteiger charge is 2.46. The van der Waals surface area contributed by atoms with Gasteiger partial charge < -0.3 is 11.1 Å². The first kappa shape index (κ1) is 6.86. The zero-order valence-corrected chi connectivity index (χ0v) is 7.58. The molecule has 0 radical (unpaired) electrons. The molecule has 1 aromatic heterocycles. The van der Waals surface area contributed by atoms with E-state index in [-0.39, 0.29) is 0 Å². The maximum atomic E-state index is 5.68. The molecule has 0 unspecified atom stereocenters. The van der Waals surface area contributed by atoms with Crippen LogP contribution in [0.5, 0.6) is 0 Å². The number of aryl methyl sites for hydroxylation is 1. The minimum absolute atomic E-state index is 0.378. The van der Waals surface area contributed by atoms with Crippen molar-refractivity contribution in [2.24, 2.45) is 0 Å². The second-order valence-electron chi connectivity index (χ2n) is 3.71. The molecule has 3 nitrogen and oxygen atoms in total. The quantitative estimate of drug-likeness (QED) is 0.613. The number of nitrogen functional groups attached to an aromatic ring is 1. The highest BCUT2D eigenvalue weighted by molar-refractivity contribution is 7.15. The van der Waals surface area contributed by atoms with Gasteiger partial charge in [-0.2, -0.15) is 0 Å². The average Bonchev–Trinajstić information content (AvgIpc) is 2.41. The summed E-state index contributed by atoms with van der Waals surface area (Å²) in [6.07, 6.45) is 2.46. The number of hydrogen-bond donors (Lipinski definition) is 2. The molecule has 3 N–H and O–H groups in total. The Balaban J connectivity index is 2.12. The van der Waals surface area contributed by atoms with Crippen LogP contribution in [0.2, 0.25) is 0 Å². The van der Waals surface area contributed by atoms with E-state index in [0.29, 0.717) is 5.41 Å². The van der Waals surface area contributed by atoms with Gasteiger partial charge in [0.25, 0.3) is 0 Å². The molecule has 1 fully saturated rings. The van der Waals surface area contributed by atoms with Crippen LogP contribution < -0.4 is 11.1 Å². The highest BCUT2D eigenvalue weighted by Crippen LogP contribution is 2.44. The molecule has 0 bridgehead atoms. The fraction of sp³-hybridized carbons (Fsp3) is 0.625. The molecule has 3 rings (SSSR count). The summed E-state index contributed by atoms with van der Waals surface area (Å²) in [6.45, 7) is 2.20. The Hall–Kier alpha value is -0.610. The number of fused-ring (bicyclic) bond motifs is 2. The van der Waals surface area contributed by atoms with Gasteiger partial charge in [0.05, 0.1) is 5.69 Å². The van der Waals surface area contributed by atoms with E-state index in [4.69, 9.17) is 5.73 Å². The van der Waals surface area contributed by atoms with Gasteiger partial charge in [0.15, 0.2) is 5.13 Å². The monoisotopic (exact) mass is 181 g/mol. The third kappa shape index (κ3) is 0.671. The van der Waals surface area contributed by atoms with Gasteiger partial charge in [-0.1, -0.05) is 0 Å². The second kappa shape index (κ2) is 2.00. The van der Waals surface area contributed by atoms with Crippen LogP contribution in [0.3, 0.4) is 0 Å². The molecule has 2 heterocycles.